The summed E-state index contributed by atoms with van der Waals surface area (Å²) in [7, 11) is 6.50. The van der Waals surface area contributed by atoms with Crippen molar-refractivity contribution in [1.29, 1.82) is 0 Å². The van der Waals surface area contributed by atoms with Crippen molar-refractivity contribution in [2.24, 2.45) is 23.7 Å². The summed E-state index contributed by atoms with van der Waals surface area (Å²) in [5.41, 5.74) is -0.348. The van der Waals surface area contributed by atoms with Gasteiger partial charge in [-0.1, -0.05) is 6.92 Å². The van der Waals surface area contributed by atoms with Crippen molar-refractivity contribution in [1.82, 2.24) is 0 Å². The van der Waals surface area contributed by atoms with Gasteiger partial charge in [-0.3, -0.25) is 4.79 Å². The fraction of sp³-hybridized carbons (Fsp3) is 0.944. The molecule has 4 rings (SSSR count). The number of quaternary nitrogens is 1. The summed E-state index contributed by atoms with van der Waals surface area (Å²) in [4.78, 5) is 12.8. The van der Waals surface area contributed by atoms with Gasteiger partial charge in [0.1, 0.15) is 17.6 Å². The minimum absolute atomic E-state index is 0.0302. The molecule has 4 nitrogen and oxygen atoms in total. The van der Waals surface area contributed by atoms with E-state index in [4.69, 9.17) is 9.47 Å². The third kappa shape index (κ3) is 1.86. The van der Waals surface area contributed by atoms with Gasteiger partial charge in [0.15, 0.2) is 0 Å². The normalized spacial score (nSPS) is 53.3. The number of fused-ring (bicyclic) bond motifs is 1. The number of rotatable bonds is 2. The number of hydrogen-bond acceptors (Lipinski definition) is 3. The molecule has 0 amide bonds. The van der Waals surface area contributed by atoms with E-state index in [1.54, 1.807) is 0 Å². The minimum Gasteiger partial charge on any atom is -0.455 e. The van der Waals surface area contributed by atoms with Crippen LogP contribution in [0.5, 0.6) is 0 Å². The van der Waals surface area contributed by atoms with Crippen LogP contribution in [0.3, 0.4) is 0 Å². The number of carbonyl (C=O) groups is 1. The van der Waals surface area contributed by atoms with Gasteiger partial charge in [0.05, 0.1) is 33.3 Å². The zero-order valence-corrected chi connectivity index (χ0v) is 14.6. The van der Waals surface area contributed by atoms with Crippen molar-refractivity contribution in [2.45, 2.75) is 56.8 Å². The molecular weight excluding hydrogens is 278 g/mol. The topological polar surface area (TPSA) is 38.8 Å². The second kappa shape index (κ2) is 4.27. The van der Waals surface area contributed by atoms with E-state index in [0.29, 0.717) is 17.8 Å². The smallest absolute Gasteiger partial charge is 0.315 e. The van der Waals surface area contributed by atoms with E-state index in [0.717, 1.165) is 30.3 Å². The molecule has 4 aliphatic rings. The lowest BCUT2D eigenvalue weighted by atomic mass is 9.55. The van der Waals surface area contributed by atoms with Crippen molar-refractivity contribution in [2.75, 3.05) is 27.7 Å². The molecule has 0 bridgehead atoms. The quantitative estimate of drug-likeness (QED) is 0.446. The van der Waals surface area contributed by atoms with Gasteiger partial charge in [-0.25, -0.2) is 0 Å². The Morgan fingerprint density at radius 1 is 1.18 bits per heavy atom. The summed E-state index contributed by atoms with van der Waals surface area (Å²) in [6.45, 7) is 5.42. The Hall–Kier alpha value is -0.610. The van der Waals surface area contributed by atoms with Gasteiger partial charge in [-0.05, 0) is 38.5 Å². The monoisotopic (exact) mass is 308 g/mol. The maximum Gasteiger partial charge on any atom is 0.315 e. The highest BCUT2D eigenvalue weighted by Crippen LogP contribution is 2.66. The van der Waals surface area contributed by atoms with Crippen LogP contribution in [0.1, 0.15) is 39.5 Å². The maximum atomic E-state index is 12.8. The van der Waals surface area contributed by atoms with E-state index >= 15 is 0 Å². The first-order valence-corrected chi connectivity index (χ1v) is 8.88. The standard InChI is InChI=1S/C18H30NO3/c1-11-6-7-14-12(10-19(3,4)5)15(20)21-18(14)13(11)8-9-17(2)16(18)22-17/h11-14,16H,6-10H2,1-5H3/q+1/t11-,12+,13-,14-,16-,17-,18-/m1/s1. The molecule has 2 aliphatic heterocycles. The summed E-state index contributed by atoms with van der Waals surface area (Å²) in [5, 5.41) is 0. The van der Waals surface area contributed by atoms with Gasteiger partial charge >= 0.3 is 5.97 Å². The molecule has 22 heavy (non-hydrogen) atoms. The van der Waals surface area contributed by atoms with Crippen LogP contribution in [0.2, 0.25) is 0 Å². The van der Waals surface area contributed by atoms with Crippen molar-refractivity contribution < 1.29 is 18.8 Å². The molecule has 2 heterocycles. The molecule has 2 saturated carbocycles. The summed E-state index contributed by atoms with van der Waals surface area (Å²) in [6.07, 6.45) is 4.76. The summed E-state index contributed by atoms with van der Waals surface area (Å²) in [6, 6.07) is 0. The molecule has 7 atom stereocenters. The minimum atomic E-state index is -0.318. The number of hydrogen-bond donors (Lipinski definition) is 0. The Morgan fingerprint density at radius 3 is 2.59 bits per heavy atom. The van der Waals surface area contributed by atoms with Crippen molar-refractivity contribution in [3.05, 3.63) is 0 Å². The van der Waals surface area contributed by atoms with E-state index in [2.05, 4.69) is 35.0 Å². The molecular formula is C18H30NO3+. The average Bonchev–Trinajstić information content (AvgIpc) is 3.02. The Labute approximate surface area is 133 Å². The van der Waals surface area contributed by atoms with Crippen LogP contribution < -0.4 is 0 Å². The van der Waals surface area contributed by atoms with Gasteiger partial charge in [0, 0.05) is 11.8 Å². The van der Waals surface area contributed by atoms with E-state index in [1.165, 1.54) is 6.42 Å². The maximum absolute atomic E-state index is 12.8. The van der Waals surface area contributed by atoms with Crippen LogP contribution in [-0.2, 0) is 14.3 Å². The number of ether oxygens (including phenoxy) is 2. The molecule has 0 unspecified atom stereocenters. The van der Waals surface area contributed by atoms with Crippen LogP contribution in [0, 0.1) is 23.7 Å². The number of epoxide rings is 1. The van der Waals surface area contributed by atoms with Gasteiger partial charge in [0.25, 0.3) is 0 Å². The Balaban J connectivity index is 1.72. The lowest BCUT2D eigenvalue weighted by Gasteiger charge is -2.50. The second-order valence-corrected chi connectivity index (χ2v) is 9.47. The molecule has 4 heteroatoms. The summed E-state index contributed by atoms with van der Waals surface area (Å²) < 4.78 is 13.2. The van der Waals surface area contributed by atoms with Gasteiger partial charge in [0.2, 0.25) is 0 Å². The van der Waals surface area contributed by atoms with Crippen LogP contribution in [-0.4, -0.2) is 55.4 Å². The number of esters is 1. The molecule has 4 fully saturated rings. The first-order chi connectivity index (χ1) is 10.2. The van der Waals surface area contributed by atoms with Crippen LogP contribution in [0.4, 0.5) is 0 Å². The molecule has 0 radical (unpaired) electrons. The molecule has 124 valence electrons. The molecule has 2 saturated heterocycles. The first-order valence-electron chi connectivity index (χ1n) is 8.88. The highest BCUT2D eigenvalue weighted by atomic mass is 16.7. The predicted molar refractivity (Wildman–Crippen MR) is 83.1 cm³/mol. The average molecular weight is 308 g/mol. The highest BCUT2D eigenvalue weighted by molar-refractivity contribution is 5.77. The van der Waals surface area contributed by atoms with Crippen molar-refractivity contribution in [3.8, 4) is 0 Å². The number of nitrogens with zero attached hydrogens (tertiary/aromatic N) is 1. The number of carbonyl (C=O) groups excluding carboxylic acids is 1. The highest BCUT2D eigenvalue weighted by Gasteiger charge is 2.77. The van der Waals surface area contributed by atoms with E-state index in [-0.39, 0.29) is 29.2 Å². The summed E-state index contributed by atoms with van der Waals surface area (Å²) in [5.74, 6) is 1.57. The zero-order valence-electron chi connectivity index (χ0n) is 14.6. The van der Waals surface area contributed by atoms with Gasteiger partial charge in [-0.15, -0.1) is 0 Å². The molecule has 0 aromatic carbocycles. The SMILES string of the molecule is C[C@@H]1CC[C@@H]2[C@H](C[N+](C)(C)C)C(=O)O[C@]23[C@@H]1CC[C@@]1(C)O[C@@H]31. The van der Waals surface area contributed by atoms with Gasteiger partial charge in [-0.2, -0.15) is 0 Å². The van der Waals surface area contributed by atoms with E-state index < -0.39 is 0 Å². The molecule has 0 aromatic heterocycles. The lowest BCUT2D eigenvalue weighted by Crippen LogP contribution is -2.58. The second-order valence-electron chi connectivity index (χ2n) is 9.47. The van der Waals surface area contributed by atoms with Crippen LogP contribution in [0.25, 0.3) is 0 Å². The molecule has 1 spiro atoms. The Bertz CT molecular complexity index is 513. The lowest BCUT2D eigenvalue weighted by molar-refractivity contribution is -0.873. The summed E-state index contributed by atoms with van der Waals surface area (Å²) >= 11 is 0. The Morgan fingerprint density at radius 2 is 1.91 bits per heavy atom. The van der Waals surface area contributed by atoms with E-state index in [1.807, 2.05) is 0 Å². The Kier molecular flexibility index (Phi) is 2.90. The van der Waals surface area contributed by atoms with Crippen molar-refractivity contribution >= 4 is 5.97 Å². The third-order valence-electron chi connectivity index (χ3n) is 6.84. The first kappa shape index (κ1) is 14.9. The fourth-order valence-corrected chi connectivity index (χ4v) is 5.85. The predicted octanol–water partition coefficient (Wildman–Crippen LogP) is 2.22. The zero-order chi connectivity index (χ0) is 15.9. The van der Waals surface area contributed by atoms with Crippen LogP contribution in [0.15, 0.2) is 0 Å². The van der Waals surface area contributed by atoms with Crippen LogP contribution >= 0.6 is 0 Å². The van der Waals surface area contributed by atoms with Gasteiger partial charge < -0.3 is 14.0 Å². The fourth-order valence-electron chi connectivity index (χ4n) is 5.85. The third-order valence-corrected chi connectivity index (χ3v) is 6.84. The molecule has 0 N–H and O–H groups in total. The largest absolute Gasteiger partial charge is 0.455 e. The van der Waals surface area contributed by atoms with Crippen molar-refractivity contribution in [3.63, 3.8) is 0 Å². The molecule has 0 aromatic rings. The molecule has 2 aliphatic carbocycles. The van der Waals surface area contributed by atoms with E-state index in [9.17, 15) is 4.79 Å².